The Morgan fingerprint density at radius 1 is 1.29 bits per heavy atom. The maximum Gasteiger partial charge on any atom is 0.252 e. The molecule has 1 aromatic carbocycles. The maximum absolute atomic E-state index is 12.7. The van der Waals surface area contributed by atoms with E-state index in [0.29, 0.717) is 19.1 Å². The topological polar surface area (TPSA) is 61.8 Å². The van der Waals surface area contributed by atoms with E-state index in [0.717, 1.165) is 36.2 Å². The van der Waals surface area contributed by atoms with Crippen LogP contribution in [0.25, 0.3) is 0 Å². The Bertz CT molecular complexity index is 594. The van der Waals surface area contributed by atoms with Crippen molar-refractivity contribution in [3.05, 3.63) is 34.4 Å². The van der Waals surface area contributed by atoms with Gasteiger partial charge in [0.2, 0.25) is 0 Å². The second-order valence-electron chi connectivity index (χ2n) is 7.26. The summed E-state index contributed by atoms with van der Waals surface area (Å²) in [7, 11) is 0. The highest BCUT2D eigenvalue weighted by Gasteiger charge is 2.37. The molecule has 1 amide bonds. The van der Waals surface area contributed by atoms with Crippen molar-refractivity contribution in [2.24, 2.45) is 0 Å². The van der Waals surface area contributed by atoms with Crippen LogP contribution in [0.15, 0.2) is 12.1 Å². The summed E-state index contributed by atoms with van der Waals surface area (Å²) in [6.45, 7) is 8.63. The molecule has 2 fully saturated rings. The highest BCUT2D eigenvalue weighted by atomic mass is 16.5. The highest BCUT2D eigenvalue weighted by Crippen LogP contribution is 2.25. The largest absolute Gasteiger partial charge is 0.396 e. The molecule has 0 spiro atoms. The molecule has 24 heavy (non-hydrogen) atoms. The second kappa shape index (κ2) is 7.21. The number of hydrogen-bond donors (Lipinski definition) is 2. The molecular weight excluding hydrogens is 304 g/mol. The van der Waals surface area contributed by atoms with Crippen LogP contribution in [0.3, 0.4) is 0 Å². The summed E-state index contributed by atoms with van der Waals surface area (Å²) >= 11 is 0. The lowest BCUT2D eigenvalue weighted by atomic mass is 9.99. The molecule has 2 N–H and O–H groups in total. The number of rotatable bonds is 4. The Kier molecular flexibility index (Phi) is 5.23. The number of aryl methyl sites for hydroxylation is 3. The molecule has 1 aromatic rings. The van der Waals surface area contributed by atoms with Crippen LogP contribution in [0.4, 0.5) is 0 Å². The van der Waals surface area contributed by atoms with Gasteiger partial charge in [-0.3, -0.25) is 9.69 Å². The molecule has 5 heteroatoms. The number of fused-ring (bicyclic) bond motifs is 1. The van der Waals surface area contributed by atoms with Gasteiger partial charge in [0.25, 0.3) is 5.91 Å². The molecule has 2 aliphatic rings. The Morgan fingerprint density at radius 3 is 2.67 bits per heavy atom. The van der Waals surface area contributed by atoms with Crippen molar-refractivity contribution >= 4 is 5.91 Å². The summed E-state index contributed by atoms with van der Waals surface area (Å²) in [4.78, 5) is 15.1. The molecule has 2 aliphatic heterocycles. The van der Waals surface area contributed by atoms with Crippen molar-refractivity contribution in [1.29, 1.82) is 0 Å². The third-order valence-corrected chi connectivity index (χ3v) is 5.18. The van der Waals surface area contributed by atoms with E-state index in [-0.39, 0.29) is 24.7 Å². The number of hydrogen-bond acceptors (Lipinski definition) is 4. The fraction of sp³-hybridized carbons (Fsp3) is 0.632. The van der Waals surface area contributed by atoms with Gasteiger partial charge in [-0.1, -0.05) is 17.7 Å². The molecular formula is C19H28N2O3. The van der Waals surface area contributed by atoms with Gasteiger partial charge in [0, 0.05) is 37.3 Å². The van der Waals surface area contributed by atoms with Gasteiger partial charge in [-0.2, -0.15) is 0 Å². The first-order valence-corrected chi connectivity index (χ1v) is 8.83. The first-order valence-electron chi connectivity index (χ1n) is 8.83. The third kappa shape index (κ3) is 3.63. The molecule has 3 rings (SSSR count). The van der Waals surface area contributed by atoms with Gasteiger partial charge in [0.05, 0.1) is 12.7 Å². The molecule has 2 saturated heterocycles. The average Bonchev–Trinajstić information content (AvgIpc) is 2.87. The number of nitrogens with zero attached hydrogens (tertiary/aromatic N) is 1. The minimum absolute atomic E-state index is 0.0303. The van der Waals surface area contributed by atoms with Gasteiger partial charge < -0.3 is 15.2 Å². The minimum atomic E-state index is 0.0303. The van der Waals surface area contributed by atoms with E-state index < -0.39 is 0 Å². The molecule has 0 saturated carbocycles. The predicted molar refractivity (Wildman–Crippen MR) is 93.3 cm³/mol. The standard InChI is InChI=1S/C19H28N2O3/c1-12-6-13(2)18(14(3)7-12)19(23)20-15-8-16-11-24-17(4-5-22)10-21(16)9-15/h6-7,15-17,22H,4-5,8-11H2,1-3H3,(H,20,23)/t15-,16+,17+/m1/s1. The van der Waals surface area contributed by atoms with Crippen molar-refractivity contribution in [2.45, 2.75) is 51.8 Å². The summed E-state index contributed by atoms with van der Waals surface area (Å²) in [5.74, 6) is 0.0303. The molecule has 0 aliphatic carbocycles. The summed E-state index contributed by atoms with van der Waals surface area (Å²) in [6, 6.07) is 4.67. The van der Waals surface area contributed by atoms with Crippen LogP contribution in [0.2, 0.25) is 0 Å². The normalized spacial score (nSPS) is 27.1. The van der Waals surface area contributed by atoms with Crippen molar-refractivity contribution in [3.63, 3.8) is 0 Å². The quantitative estimate of drug-likeness (QED) is 0.878. The molecule has 0 bridgehead atoms. The molecule has 0 unspecified atom stereocenters. The SMILES string of the molecule is Cc1cc(C)c(C(=O)N[C@@H]2C[C@H]3CO[C@@H](CCO)CN3C2)c(C)c1. The number of carbonyl (C=O) groups is 1. The van der Waals surface area contributed by atoms with Crippen molar-refractivity contribution < 1.29 is 14.6 Å². The van der Waals surface area contributed by atoms with Crippen LogP contribution in [0.1, 0.15) is 39.9 Å². The highest BCUT2D eigenvalue weighted by molar-refractivity contribution is 5.97. The van der Waals surface area contributed by atoms with E-state index in [9.17, 15) is 4.79 Å². The number of benzene rings is 1. The first kappa shape index (κ1) is 17.4. The van der Waals surface area contributed by atoms with E-state index in [1.54, 1.807) is 0 Å². The smallest absolute Gasteiger partial charge is 0.252 e. The molecule has 0 radical (unpaired) electrons. The fourth-order valence-electron chi connectivity index (χ4n) is 4.16. The van der Waals surface area contributed by atoms with E-state index in [2.05, 4.69) is 29.3 Å². The monoisotopic (exact) mass is 332 g/mol. The lowest BCUT2D eigenvalue weighted by Gasteiger charge is -2.34. The number of amides is 1. The van der Waals surface area contributed by atoms with Crippen LogP contribution in [-0.2, 0) is 4.74 Å². The van der Waals surface area contributed by atoms with Gasteiger partial charge in [-0.05, 0) is 44.7 Å². The van der Waals surface area contributed by atoms with E-state index in [1.807, 2.05) is 13.8 Å². The van der Waals surface area contributed by atoms with Gasteiger partial charge in [-0.25, -0.2) is 0 Å². The predicted octanol–water partition coefficient (Wildman–Crippen LogP) is 1.57. The Hall–Kier alpha value is -1.43. The third-order valence-electron chi connectivity index (χ3n) is 5.18. The first-order chi connectivity index (χ1) is 11.5. The minimum Gasteiger partial charge on any atom is -0.396 e. The van der Waals surface area contributed by atoms with Crippen LogP contribution in [0.5, 0.6) is 0 Å². The Balaban J connectivity index is 1.63. The van der Waals surface area contributed by atoms with Crippen molar-refractivity contribution in [1.82, 2.24) is 10.2 Å². The van der Waals surface area contributed by atoms with E-state index >= 15 is 0 Å². The summed E-state index contributed by atoms with van der Waals surface area (Å²) in [5.41, 5.74) is 4.06. The Morgan fingerprint density at radius 2 is 2.00 bits per heavy atom. The maximum atomic E-state index is 12.7. The number of morpholine rings is 1. The molecule has 2 heterocycles. The zero-order valence-electron chi connectivity index (χ0n) is 14.8. The van der Waals surface area contributed by atoms with Crippen molar-refractivity contribution in [2.75, 3.05) is 26.3 Å². The van der Waals surface area contributed by atoms with Crippen LogP contribution < -0.4 is 5.32 Å². The second-order valence-corrected chi connectivity index (χ2v) is 7.26. The average molecular weight is 332 g/mol. The lowest BCUT2D eigenvalue weighted by molar-refractivity contribution is -0.0566. The molecule has 132 valence electrons. The number of aliphatic hydroxyl groups is 1. The molecule has 3 atom stereocenters. The van der Waals surface area contributed by atoms with E-state index in [4.69, 9.17) is 9.84 Å². The van der Waals surface area contributed by atoms with Crippen molar-refractivity contribution in [3.8, 4) is 0 Å². The van der Waals surface area contributed by atoms with Crippen LogP contribution >= 0.6 is 0 Å². The lowest BCUT2D eigenvalue weighted by Crippen LogP contribution is -2.46. The van der Waals surface area contributed by atoms with Gasteiger partial charge in [0.1, 0.15) is 0 Å². The zero-order chi connectivity index (χ0) is 17.3. The van der Waals surface area contributed by atoms with Gasteiger partial charge in [-0.15, -0.1) is 0 Å². The molecule has 5 nitrogen and oxygen atoms in total. The summed E-state index contributed by atoms with van der Waals surface area (Å²) in [6.07, 6.45) is 1.73. The van der Waals surface area contributed by atoms with Crippen LogP contribution in [0, 0.1) is 20.8 Å². The fourth-order valence-corrected chi connectivity index (χ4v) is 4.16. The Labute approximate surface area is 144 Å². The van der Waals surface area contributed by atoms with Gasteiger partial charge >= 0.3 is 0 Å². The molecule has 0 aromatic heterocycles. The zero-order valence-corrected chi connectivity index (χ0v) is 14.8. The number of nitrogens with one attached hydrogen (secondary N) is 1. The summed E-state index contributed by atoms with van der Waals surface area (Å²) in [5, 5.41) is 12.3. The number of carbonyl (C=O) groups excluding carboxylic acids is 1. The summed E-state index contributed by atoms with van der Waals surface area (Å²) < 4.78 is 5.81. The number of ether oxygens (including phenoxy) is 1. The van der Waals surface area contributed by atoms with E-state index in [1.165, 1.54) is 5.56 Å². The number of aliphatic hydroxyl groups excluding tert-OH is 1. The van der Waals surface area contributed by atoms with Gasteiger partial charge in [0.15, 0.2) is 0 Å². The van der Waals surface area contributed by atoms with Crippen LogP contribution in [-0.4, -0.2) is 60.4 Å².